The molecule has 0 saturated heterocycles. The summed E-state index contributed by atoms with van der Waals surface area (Å²) in [6, 6.07) is 3.81. The highest BCUT2D eigenvalue weighted by Gasteiger charge is 2.03. The predicted octanol–water partition coefficient (Wildman–Crippen LogP) is 2.13. The van der Waals surface area contributed by atoms with Crippen LogP contribution >= 0.6 is 11.6 Å². The summed E-state index contributed by atoms with van der Waals surface area (Å²) in [5.74, 6) is 0. The van der Waals surface area contributed by atoms with E-state index >= 15 is 0 Å². The molecular formula is C8H6ClN3. The second kappa shape index (κ2) is 2.95. The number of halogens is 1. The first-order valence-corrected chi connectivity index (χ1v) is 3.85. The van der Waals surface area contributed by atoms with Gasteiger partial charge >= 0.3 is 0 Å². The Labute approximate surface area is 74.4 Å². The molecule has 4 heteroatoms. The van der Waals surface area contributed by atoms with Gasteiger partial charge in [0.2, 0.25) is 0 Å². The summed E-state index contributed by atoms with van der Waals surface area (Å²) >= 11 is 5.87. The van der Waals surface area contributed by atoms with E-state index in [1.54, 1.807) is 6.20 Å². The van der Waals surface area contributed by atoms with Crippen LogP contribution in [0.2, 0.25) is 5.02 Å². The third-order valence-electron chi connectivity index (χ3n) is 1.52. The smallest absolute Gasteiger partial charge is 0.116 e. The van der Waals surface area contributed by atoms with E-state index < -0.39 is 0 Å². The van der Waals surface area contributed by atoms with Gasteiger partial charge in [0.25, 0.3) is 0 Å². The normalized spacial score (nSPS) is 10.1. The average molecular weight is 180 g/mol. The Balaban J connectivity index is 2.55. The molecule has 0 amide bonds. The zero-order chi connectivity index (χ0) is 8.39. The fourth-order valence-electron chi connectivity index (χ4n) is 0.988. The second-order valence-electron chi connectivity index (χ2n) is 2.30. The summed E-state index contributed by atoms with van der Waals surface area (Å²) in [7, 11) is 0. The van der Waals surface area contributed by atoms with E-state index in [1.807, 2.05) is 18.3 Å². The van der Waals surface area contributed by atoms with Crippen LogP contribution < -0.4 is 0 Å². The summed E-state index contributed by atoms with van der Waals surface area (Å²) in [6.45, 7) is 0. The predicted molar refractivity (Wildman–Crippen MR) is 46.8 cm³/mol. The van der Waals surface area contributed by atoms with Crippen molar-refractivity contribution in [3.8, 4) is 11.4 Å². The van der Waals surface area contributed by atoms with Gasteiger partial charge in [0, 0.05) is 12.4 Å². The van der Waals surface area contributed by atoms with E-state index in [9.17, 15) is 0 Å². The third-order valence-corrected chi connectivity index (χ3v) is 1.80. The molecule has 0 bridgehead atoms. The van der Waals surface area contributed by atoms with Crippen molar-refractivity contribution in [2.24, 2.45) is 0 Å². The Kier molecular flexibility index (Phi) is 1.80. The van der Waals surface area contributed by atoms with Crippen molar-refractivity contribution >= 4 is 11.6 Å². The fraction of sp³-hybridized carbons (Fsp3) is 0. The van der Waals surface area contributed by atoms with Crippen molar-refractivity contribution in [2.45, 2.75) is 0 Å². The molecule has 0 unspecified atom stereocenters. The van der Waals surface area contributed by atoms with Gasteiger partial charge in [-0.25, -0.2) is 9.97 Å². The van der Waals surface area contributed by atoms with Crippen molar-refractivity contribution in [1.29, 1.82) is 0 Å². The quantitative estimate of drug-likeness (QED) is 0.729. The number of H-pyrrole nitrogens is 1. The van der Waals surface area contributed by atoms with Crippen LogP contribution in [0.15, 0.2) is 30.9 Å². The fourth-order valence-corrected chi connectivity index (χ4v) is 1.20. The molecule has 0 spiro atoms. The molecule has 0 radical (unpaired) electrons. The number of nitrogens with one attached hydrogen (secondary N) is 1. The van der Waals surface area contributed by atoms with Crippen LogP contribution in [-0.4, -0.2) is 15.0 Å². The van der Waals surface area contributed by atoms with Crippen LogP contribution in [0.1, 0.15) is 0 Å². The lowest BCUT2D eigenvalue weighted by Crippen LogP contribution is -1.85. The van der Waals surface area contributed by atoms with Crippen LogP contribution in [-0.2, 0) is 0 Å². The Hall–Kier alpha value is -1.35. The number of aromatic amines is 1. The lowest BCUT2D eigenvalue weighted by atomic mass is 10.3. The zero-order valence-electron chi connectivity index (χ0n) is 6.16. The lowest BCUT2D eigenvalue weighted by Gasteiger charge is -1.97. The van der Waals surface area contributed by atoms with Gasteiger partial charge in [0.15, 0.2) is 0 Å². The summed E-state index contributed by atoms with van der Waals surface area (Å²) in [5.41, 5.74) is 1.64. The molecular weight excluding hydrogens is 174 g/mol. The Morgan fingerprint density at radius 3 is 3.00 bits per heavy atom. The van der Waals surface area contributed by atoms with Gasteiger partial charge in [-0.3, -0.25) is 0 Å². The number of rotatable bonds is 1. The van der Waals surface area contributed by atoms with Crippen LogP contribution in [0.5, 0.6) is 0 Å². The van der Waals surface area contributed by atoms with Crippen molar-refractivity contribution < 1.29 is 0 Å². The molecule has 12 heavy (non-hydrogen) atoms. The van der Waals surface area contributed by atoms with Crippen molar-refractivity contribution in [3.63, 3.8) is 0 Å². The lowest BCUT2D eigenvalue weighted by molar-refractivity contribution is 1.16. The van der Waals surface area contributed by atoms with Crippen LogP contribution in [0.25, 0.3) is 11.4 Å². The van der Waals surface area contributed by atoms with E-state index in [0.717, 1.165) is 11.4 Å². The molecule has 0 aliphatic carbocycles. The number of aromatic nitrogens is 3. The van der Waals surface area contributed by atoms with Gasteiger partial charge in [-0.15, -0.1) is 0 Å². The van der Waals surface area contributed by atoms with Crippen molar-refractivity contribution in [3.05, 3.63) is 35.9 Å². The average Bonchev–Trinajstić information content (AvgIpc) is 2.57. The highest BCUT2D eigenvalue weighted by atomic mass is 35.5. The minimum atomic E-state index is 0.556. The molecule has 2 heterocycles. The topological polar surface area (TPSA) is 41.6 Å². The van der Waals surface area contributed by atoms with E-state index in [0.29, 0.717) is 5.02 Å². The van der Waals surface area contributed by atoms with Crippen LogP contribution in [0.4, 0.5) is 0 Å². The summed E-state index contributed by atoms with van der Waals surface area (Å²) < 4.78 is 0. The summed E-state index contributed by atoms with van der Waals surface area (Å²) in [6.07, 6.45) is 4.88. The largest absolute Gasteiger partial charge is 0.360 e. The number of nitrogens with zero attached hydrogens (tertiary/aromatic N) is 2. The van der Waals surface area contributed by atoms with Gasteiger partial charge in [0.05, 0.1) is 10.7 Å². The highest BCUT2D eigenvalue weighted by molar-refractivity contribution is 6.32. The third kappa shape index (κ3) is 1.19. The maximum atomic E-state index is 5.87. The van der Waals surface area contributed by atoms with E-state index in [2.05, 4.69) is 15.0 Å². The molecule has 2 aromatic rings. The highest BCUT2D eigenvalue weighted by Crippen LogP contribution is 2.21. The molecule has 2 rings (SSSR count). The molecule has 0 atom stereocenters. The second-order valence-corrected chi connectivity index (χ2v) is 2.71. The van der Waals surface area contributed by atoms with E-state index in [4.69, 9.17) is 11.6 Å². The van der Waals surface area contributed by atoms with Crippen molar-refractivity contribution in [2.75, 3.05) is 0 Å². The van der Waals surface area contributed by atoms with Gasteiger partial charge in [-0.2, -0.15) is 0 Å². The molecule has 3 nitrogen and oxygen atoms in total. The first kappa shape index (κ1) is 7.31. The van der Waals surface area contributed by atoms with Crippen molar-refractivity contribution in [1.82, 2.24) is 15.0 Å². The first-order valence-electron chi connectivity index (χ1n) is 3.47. The minimum Gasteiger partial charge on any atom is -0.360 e. The molecule has 60 valence electrons. The van der Waals surface area contributed by atoms with Gasteiger partial charge in [-0.1, -0.05) is 11.6 Å². The van der Waals surface area contributed by atoms with E-state index in [-0.39, 0.29) is 0 Å². The Bertz CT molecular complexity index is 370. The molecule has 0 saturated carbocycles. The molecule has 0 aromatic carbocycles. The van der Waals surface area contributed by atoms with Gasteiger partial charge in [0.1, 0.15) is 12.0 Å². The van der Waals surface area contributed by atoms with Gasteiger partial charge in [-0.05, 0) is 12.1 Å². The maximum absolute atomic E-state index is 5.87. The molecule has 0 fully saturated rings. The zero-order valence-corrected chi connectivity index (χ0v) is 6.92. The minimum absolute atomic E-state index is 0.556. The summed E-state index contributed by atoms with van der Waals surface area (Å²) in [5, 5.41) is 0.556. The monoisotopic (exact) mass is 179 g/mol. The van der Waals surface area contributed by atoms with Gasteiger partial charge < -0.3 is 4.98 Å². The standard InChI is InChI=1S/C8H6ClN3/c9-6-4-10-5-12-8(6)7-2-1-3-11-7/h1-5,11H. The number of hydrogen-bond donors (Lipinski definition) is 1. The molecule has 1 N–H and O–H groups in total. The first-order chi connectivity index (χ1) is 5.88. The van der Waals surface area contributed by atoms with Crippen LogP contribution in [0, 0.1) is 0 Å². The maximum Gasteiger partial charge on any atom is 0.116 e. The van der Waals surface area contributed by atoms with Crippen LogP contribution in [0.3, 0.4) is 0 Å². The number of hydrogen-bond acceptors (Lipinski definition) is 2. The Morgan fingerprint density at radius 2 is 2.33 bits per heavy atom. The SMILES string of the molecule is Clc1cncnc1-c1ccc[nH]1. The Morgan fingerprint density at radius 1 is 1.42 bits per heavy atom. The molecule has 0 aliphatic heterocycles. The molecule has 2 aromatic heterocycles. The molecule has 0 aliphatic rings. The van der Waals surface area contributed by atoms with E-state index in [1.165, 1.54) is 6.33 Å². The summed E-state index contributed by atoms with van der Waals surface area (Å²) in [4.78, 5) is 10.9.